The van der Waals surface area contributed by atoms with E-state index in [0.717, 1.165) is 28.2 Å². The van der Waals surface area contributed by atoms with Crippen LogP contribution in [0.4, 0.5) is 5.69 Å². The summed E-state index contributed by atoms with van der Waals surface area (Å²) < 4.78 is 10.7. The van der Waals surface area contributed by atoms with Crippen LogP contribution in [0, 0.1) is 11.3 Å². The average Bonchev–Trinajstić information content (AvgIpc) is 2.93. The number of anilines is 1. The molecule has 4 aromatic rings. The number of nitriles is 1. The van der Waals surface area contributed by atoms with Gasteiger partial charge in [0.15, 0.2) is 0 Å². The van der Waals surface area contributed by atoms with E-state index in [4.69, 9.17) is 14.5 Å². The predicted octanol–water partition coefficient (Wildman–Crippen LogP) is 6.43. The number of rotatable bonds is 9. The number of thioether (sulfide) groups is 1. The fraction of sp³-hybridized carbons (Fsp3) is 0.138. The van der Waals surface area contributed by atoms with Crippen molar-refractivity contribution >= 4 is 23.4 Å². The smallest absolute Gasteiger partial charge is 0.234 e. The van der Waals surface area contributed by atoms with Gasteiger partial charge in [0.2, 0.25) is 5.91 Å². The predicted molar refractivity (Wildman–Crippen MR) is 143 cm³/mol. The minimum absolute atomic E-state index is 0.106. The molecule has 0 fully saturated rings. The molecule has 0 saturated heterocycles. The number of benzene rings is 3. The van der Waals surface area contributed by atoms with E-state index < -0.39 is 0 Å². The van der Waals surface area contributed by atoms with Crippen molar-refractivity contribution in [2.45, 2.75) is 11.9 Å². The number of hydrogen-bond acceptors (Lipinski definition) is 6. The Hall–Kier alpha value is -4.28. The molecule has 3 aromatic carbocycles. The van der Waals surface area contributed by atoms with E-state index in [1.165, 1.54) is 11.8 Å². The van der Waals surface area contributed by atoms with Crippen molar-refractivity contribution in [2.24, 2.45) is 0 Å². The van der Waals surface area contributed by atoms with Crippen LogP contribution < -0.4 is 14.8 Å². The summed E-state index contributed by atoms with van der Waals surface area (Å²) in [6.07, 6.45) is 0. The topological polar surface area (TPSA) is 84.2 Å². The maximum absolute atomic E-state index is 12.7. The highest BCUT2D eigenvalue weighted by Gasteiger charge is 2.17. The molecule has 0 spiro atoms. The second-order valence-corrected chi connectivity index (χ2v) is 8.70. The molecule has 0 atom stereocenters. The van der Waals surface area contributed by atoms with Crippen LogP contribution in [0.2, 0.25) is 0 Å². The minimum atomic E-state index is -0.189. The first-order valence-electron chi connectivity index (χ1n) is 11.4. The van der Waals surface area contributed by atoms with Gasteiger partial charge in [-0.05, 0) is 67.1 Å². The molecule has 1 heterocycles. The molecule has 4 rings (SSSR count). The van der Waals surface area contributed by atoms with Gasteiger partial charge in [-0.15, -0.1) is 0 Å². The summed E-state index contributed by atoms with van der Waals surface area (Å²) in [5.74, 6) is 1.41. The standard InChI is InChI=1S/C29H25N3O3S/c1-3-35-24-15-11-22(12-16-24)31-28(33)19-36-29-26(18-30)25(20-7-5-4-6-8-20)17-27(32-29)21-9-13-23(34-2)14-10-21/h4-17H,3,19H2,1-2H3,(H,31,33). The Morgan fingerprint density at radius 2 is 1.67 bits per heavy atom. The lowest BCUT2D eigenvalue weighted by molar-refractivity contribution is -0.113. The number of pyridine rings is 1. The Labute approximate surface area is 214 Å². The van der Waals surface area contributed by atoms with Crippen molar-refractivity contribution in [3.05, 3.63) is 90.5 Å². The lowest BCUT2D eigenvalue weighted by Crippen LogP contribution is -2.14. The van der Waals surface area contributed by atoms with Gasteiger partial charge < -0.3 is 14.8 Å². The van der Waals surface area contributed by atoms with E-state index in [0.29, 0.717) is 28.6 Å². The van der Waals surface area contributed by atoms with Crippen molar-refractivity contribution in [1.82, 2.24) is 4.98 Å². The van der Waals surface area contributed by atoms with E-state index in [9.17, 15) is 10.1 Å². The summed E-state index contributed by atoms with van der Waals surface area (Å²) in [7, 11) is 1.62. The Morgan fingerprint density at radius 1 is 0.972 bits per heavy atom. The molecule has 0 radical (unpaired) electrons. The fourth-order valence-electron chi connectivity index (χ4n) is 3.62. The van der Waals surface area contributed by atoms with Crippen LogP contribution in [-0.2, 0) is 4.79 Å². The summed E-state index contributed by atoms with van der Waals surface area (Å²) in [6.45, 7) is 2.50. The van der Waals surface area contributed by atoms with Gasteiger partial charge in [-0.2, -0.15) is 5.26 Å². The van der Waals surface area contributed by atoms with Crippen molar-refractivity contribution in [3.8, 4) is 40.0 Å². The van der Waals surface area contributed by atoms with Crippen LogP contribution in [0.15, 0.2) is 90.0 Å². The van der Waals surface area contributed by atoms with Crippen LogP contribution in [0.1, 0.15) is 12.5 Å². The average molecular weight is 496 g/mol. The van der Waals surface area contributed by atoms with Crippen molar-refractivity contribution in [1.29, 1.82) is 5.26 Å². The lowest BCUT2D eigenvalue weighted by Gasteiger charge is -2.13. The van der Waals surface area contributed by atoms with Gasteiger partial charge in [0.25, 0.3) is 0 Å². The van der Waals surface area contributed by atoms with Crippen molar-refractivity contribution in [2.75, 3.05) is 24.8 Å². The third-order valence-corrected chi connectivity index (χ3v) is 6.33. The molecule has 0 aliphatic heterocycles. The lowest BCUT2D eigenvalue weighted by atomic mass is 9.99. The van der Waals surface area contributed by atoms with Gasteiger partial charge in [-0.3, -0.25) is 4.79 Å². The third kappa shape index (κ3) is 6.04. The summed E-state index contributed by atoms with van der Waals surface area (Å²) in [5, 5.41) is 13.4. The number of nitrogens with zero attached hydrogens (tertiary/aromatic N) is 2. The quantitative estimate of drug-likeness (QED) is 0.270. The third-order valence-electron chi connectivity index (χ3n) is 5.36. The summed E-state index contributed by atoms with van der Waals surface area (Å²) in [6, 6.07) is 28.7. The molecule has 0 aliphatic rings. The second kappa shape index (κ2) is 11.9. The van der Waals surface area contributed by atoms with Crippen LogP contribution >= 0.6 is 11.8 Å². The maximum atomic E-state index is 12.7. The fourth-order valence-corrected chi connectivity index (χ4v) is 4.42. The molecule has 36 heavy (non-hydrogen) atoms. The zero-order valence-corrected chi connectivity index (χ0v) is 20.8. The molecule has 7 heteroatoms. The van der Waals surface area contributed by atoms with Crippen LogP contribution in [-0.4, -0.2) is 30.4 Å². The second-order valence-electron chi connectivity index (χ2n) is 7.74. The van der Waals surface area contributed by atoms with E-state index in [1.807, 2.05) is 79.7 Å². The number of aromatic nitrogens is 1. The number of hydrogen-bond donors (Lipinski definition) is 1. The molecule has 1 N–H and O–H groups in total. The zero-order valence-electron chi connectivity index (χ0n) is 20.0. The SMILES string of the molecule is CCOc1ccc(NC(=O)CSc2nc(-c3ccc(OC)cc3)cc(-c3ccccc3)c2C#N)cc1. The Balaban J connectivity index is 1.61. The number of methoxy groups -OCH3 is 1. The Morgan fingerprint density at radius 3 is 2.31 bits per heavy atom. The number of amides is 1. The molecule has 180 valence electrons. The first-order chi connectivity index (χ1) is 17.6. The molecule has 1 amide bonds. The molecule has 0 bridgehead atoms. The highest BCUT2D eigenvalue weighted by Crippen LogP contribution is 2.34. The number of carbonyl (C=O) groups is 1. The largest absolute Gasteiger partial charge is 0.497 e. The number of carbonyl (C=O) groups excluding carboxylic acids is 1. The highest BCUT2D eigenvalue weighted by atomic mass is 32.2. The monoisotopic (exact) mass is 495 g/mol. The van der Waals surface area contributed by atoms with Gasteiger partial charge in [0.05, 0.1) is 30.7 Å². The van der Waals surface area contributed by atoms with Crippen LogP contribution in [0.3, 0.4) is 0 Å². The molecule has 1 aromatic heterocycles. The Kier molecular flexibility index (Phi) is 8.22. The van der Waals surface area contributed by atoms with Crippen molar-refractivity contribution < 1.29 is 14.3 Å². The van der Waals surface area contributed by atoms with Crippen molar-refractivity contribution in [3.63, 3.8) is 0 Å². The number of nitrogens with one attached hydrogen (secondary N) is 1. The zero-order chi connectivity index (χ0) is 25.3. The number of ether oxygens (including phenoxy) is 2. The molecular formula is C29H25N3O3S. The van der Waals surface area contributed by atoms with Crippen LogP contribution in [0.5, 0.6) is 11.5 Å². The highest BCUT2D eigenvalue weighted by molar-refractivity contribution is 8.00. The summed E-state index contributed by atoms with van der Waals surface area (Å²) in [4.78, 5) is 17.5. The molecule has 6 nitrogen and oxygen atoms in total. The first-order valence-corrected chi connectivity index (χ1v) is 12.4. The van der Waals surface area contributed by atoms with Gasteiger partial charge >= 0.3 is 0 Å². The summed E-state index contributed by atoms with van der Waals surface area (Å²) in [5.41, 5.74) is 4.40. The van der Waals surface area contributed by atoms with E-state index >= 15 is 0 Å². The normalized spacial score (nSPS) is 10.4. The Bertz CT molecular complexity index is 1370. The molecule has 0 unspecified atom stereocenters. The first kappa shape index (κ1) is 24.8. The molecule has 0 aliphatic carbocycles. The summed E-state index contributed by atoms with van der Waals surface area (Å²) >= 11 is 1.24. The van der Waals surface area contributed by atoms with E-state index in [2.05, 4.69) is 11.4 Å². The van der Waals surface area contributed by atoms with Crippen LogP contribution in [0.25, 0.3) is 22.4 Å². The van der Waals surface area contributed by atoms with Gasteiger partial charge in [-0.1, -0.05) is 42.1 Å². The molecular weight excluding hydrogens is 470 g/mol. The van der Waals surface area contributed by atoms with Gasteiger partial charge in [0.1, 0.15) is 22.6 Å². The maximum Gasteiger partial charge on any atom is 0.234 e. The van der Waals surface area contributed by atoms with E-state index in [1.54, 1.807) is 19.2 Å². The van der Waals surface area contributed by atoms with E-state index in [-0.39, 0.29) is 11.7 Å². The van der Waals surface area contributed by atoms with Gasteiger partial charge in [-0.25, -0.2) is 4.98 Å². The van der Waals surface area contributed by atoms with Gasteiger partial charge in [0, 0.05) is 16.8 Å². The minimum Gasteiger partial charge on any atom is -0.497 e. The molecule has 0 saturated carbocycles.